The first kappa shape index (κ1) is 14.4. The third kappa shape index (κ3) is 2.95. The Morgan fingerprint density at radius 1 is 1.00 bits per heavy atom. The third-order valence-corrected chi connectivity index (χ3v) is 3.66. The number of hydrogen-bond donors (Lipinski definition) is 1. The Balaban J connectivity index is 0.00000133. The van der Waals surface area contributed by atoms with E-state index in [1.54, 1.807) is 11.8 Å². The lowest BCUT2D eigenvalue weighted by atomic mass is 9.96. The quantitative estimate of drug-likeness (QED) is 0.742. The van der Waals surface area contributed by atoms with Crippen molar-refractivity contribution < 1.29 is 0 Å². The number of rotatable bonds is 1. The van der Waals surface area contributed by atoms with Crippen molar-refractivity contribution in [3.63, 3.8) is 0 Å². The number of thioether (sulfide) groups is 1. The van der Waals surface area contributed by atoms with Crippen molar-refractivity contribution in [2.45, 2.75) is 6.04 Å². The minimum Gasteiger partial charge on any atom is -0.354 e. The highest BCUT2D eigenvalue weighted by atomic mass is 127. The molecule has 1 unspecified atom stereocenters. The van der Waals surface area contributed by atoms with Gasteiger partial charge in [-0.15, -0.1) is 24.0 Å². The second kappa shape index (κ2) is 6.43. The number of para-hydroxylation sites is 1. The Bertz CT molecular complexity index is 584. The van der Waals surface area contributed by atoms with E-state index in [2.05, 4.69) is 52.8 Å². The summed E-state index contributed by atoms with van der Waals surface area (Å²) in [5.74, 6) is 0. The van der Waals surface area contributed by atoms with E-state index in [4.69, 9.17) is 0 Å². The number of aliphatic imine (C=N–C) groups is 1. The van der Waals surface area contributed by atoms with Gasteiger partial charge in [0.15, 0.2) is 5.17 Å². The highest BCUT2D eigenvalue weighted by molar-refractivity contribution is 14.0. The highest BCUT2D eigenvalue weighted by Gasteiger charge is 2.22. The van der Waals surface area contributed by atoms with Gasteiger partial charge in [0, 0.05) is 5.56 Å². The summed E-state index contributed by atoms with van der Waals surface area (Å²) >= 11 is 1.65. The number of hydrogen-bond acceptors (Lipinski definition) is 3. The van der Waals surface area contributed by atoms with Crippen LogP contribution in [0.3, 0.4) is 0 Å². The Morgan fingerprint density at radius 3 is 2.42 bits per heavy atom. The van der Waals surface area contributed by atoms with Gasteiger partial charge in [0.1, 0.15) is 0 Å². The van der Waals surface area contributed by atoms with Crippen LogP contribution in [0.4, 0.5) is 5.69 Å². The van der Waals surface area contributed by atoms with E-state index in [1.807, 2.05) is 18.4 Å². The SMILES string of the molecule is CSC1=Nc2ccccc2C(c2ccccc2)N1.I. The number of halogens is 1. The molecule has 3 rings (SSSR count). The fraction of sp³-hybridized carbons (Fsp3) is 0.133. The molecule has 0 saturated carbocycles. The summed E-state index contributed by atoms with van der Waals surface area (Å²) < 4.78 is 0. The molecule has 1 aliphatic rings. The highest BCUT2D eigenvalue weighted by Crippen LogP contribution is 2.34. The number of benzene rings is 2. The molecule has 19 heavy (non-hydrogen) atoms. The zero-order valence-corrected chi connectivity index (χ0v) is 13.7. The zero-order chi connectivity index (χ0) is 12.4. The van der Waals surface area contributed by atoms with Gasteiger partial charge in [-0.2, -0.15) is 0 Å². The van der Waals surface area contributed by atoms with Crippen molar-refractivity contribution in [1.82, 2.24) is 5.32 Å². The van der Waals surface area contributed by atoms with Crippen molar-refractivity contribution in [2.24, 2.45) is 4.99 Å². The molecule has 4 heteroatoms. The van der Waals surface area contributed by atoms with Gasteiger partial charge in [0.2, 0.25) is 0 Å². The lowest BCUT2D eigenvalue weighted by molar-refractivity contribution is 0.758. The van der Waals surface area contributed by atoms with Crippen molar-refractivity contribution >= 4 is 46.6 Å². The van der Waals surface area contributed by atoms with Crippen LogP contribution in [-0.2, 0) is 0 Å². The number of nitrogens with zero attached hydrogens (tertiary/aromatic N) is 1. The molecule has 0 saturated heterocycles. The van der Waals surface area contributed by atoms with E-state index in [1.165, 1.54) is 11.1 Å². The molecule has 0 bridgehead atoms. The van der Waals surface area contributed by atoms with E-state index in [0.29, 0.717) is 0 Å². The first-order valence-electron chi connectivity index (χ1n) is 5.91. The summed E-state index contributed by atoms with van der Waals surface area (Å²) in [4.78, 5) is 4.61. The van der Waals surface area contributed by atoms with E-state index < -0.39 is 0 Å². The first-order valence-corrected chi connectivity index (χ1v) is 7.14. The van der Waals surface area contributed by atoms with Gasteiger partial charge in [-0.05, 0) is 17.9 Å². The van der Waals surface area contributed by atoms with Crippen LogP contribution in [0.5, 0.6) is 0 Å². The third-order valence-electron chi connectivity index (χ3n) is 3.06. The van der Waals surface area contributed by atoms with E-state index in [-0.39, 0.29) is 30.0 Å². The Kier molecular flexibility index (Phi) is 4.87. The summed E-state index contributed by atoms with van der Waals surface area (Å²) in [5, 5.41) is 4.46. The molecule has 0 aromatic heterocycles. The number of nitrogens with one attached hydrogen (secondary N) is 1. The summed E-state index contributed by atoms with van der Waals surface area (Å²) in [6, 6.07) is 19.0. The molecule has 2 aromatic rings. The molecule has 1 aliphatic heterocycles. The normalized spacial score (nSPS) is 16.7. The lowest BCUT2D eigenvalue weighted by Gasteiger charge is -2.26. The first-order chi connectivity index (χ1) is 8.88. The maximum absolute atomic E-state index is 4.61. The maximum atomic E-state index is 4.61. The van der Waals surface area contributed by atoms with E-state index in [9.17, 15) is 0 Å². The molecule has 1 heterocycles. The van der Waals surface area contributed by atoms with Gasteiger partial charge in [0.05, 0.1) is 11.7 Å². The van der Waals surface area contributed by atoms with Gasteiger partial charge in [0.25, 0.3) is 0 Å². The van der Waals surface area contributed by atoms with E-state index in [0.717, 1.165) is 10.9 Å². The second-order valence-corrected chi connectivity index (χ2v) is 4.96. The van der Waals surface area contributed by atoms with Crippen molar-refractivity contribution in [1.29, 1.82) is 0 Å². The van der Waals surface area contributed by atoms with Gasteiger partial charge >= 0.3 is 0 Å². The minimum absolute atomic E-state index is 0. The average Bonchev–Trinajstić information content (AvgIpc) is 2.47. The summed E-state index contributed by atoms with van der Waals surface area (Å²) in [6.07, 6.45) is 2.04. The smallest absolute Gasteiger partial charge is 0.162 e. The van der Waals surface area contributed by atoms with Crippen molar-refractivity contribution in [3.05, 3.63) is 65.7 Å². The Hall–Kier alpha value is -1.01. The molecule has 1 atom stereocenters. The van der Waals surface area contributed by atoms with Crippen LogP contribution in [-0.4, -0.2) is 11.4 Å². The molecule has 2 aromatic carbocycles. The number of fused-ring (bicyclic) bond motifs is 1. The van der Waals surface area contributed by atoms with Crippen LogP contribution in [0.1, 0.15) is 17.2 Å². The van der Waals surface area contributed by atoms with Gasteiger partial charge in [-0.3, -0.25) is 0 Å². The summed E-state index contributed by atoms with van der Waals surface area (Å²) in [7, 11) is 0. The Labute approximate surface area is 134 Å². The van der Waals surface area contributed by atoms with Crippen LogP contribution in [0.2, 0.25) is 0 Å². The fourth-order valence-electron chi connectivity index (χ4n) is 2.19. The van der Waals surface area contributed by atoms with Crippen molar-refractivity contribution in [2.75, 3.05) is 6.26 Å². The minimum atomic E-state index is 0. The molecule has 1 N–H and O–H groups in total. The van der Waals surface area contributed by atoms with Crippen LogP contribution >= 0.6 is 35.7 Å². The molecule has 0 amide bonds. The monoisotopic (exact) mass is 382 g/mol. The molecule has 0 fully saturated rings. The van der Waals surface area contributed by atoms with Crippen LogP contribution in [0, 0.1) is 0 Å². The predicted octanol–water partition coefficient (Wildman–Crippen LogP) is 4.35. The standard InChI is InChI=1S/C15H14N2S.HI/c1-18-15-16-13-10-6-5-9-12(13)14(17-15)11-7-3-2-4-8-11;/h2-10,14H,1H3,(H,16,17);1H. The predicted molar refractivity (Wildman–Crippen MR) is 93.9 cm³/mol. The summed E-state index contributed by atoms with van der Waals surface area (Å²) in [5.41, 5.74) is 3.57. The second-order valence-electron chi connectivity index (χ2n) is 4.17. The van der Waals surface area contributed by atoms with Crippen LogP contribution < -0.4 is 5.32 Å². The molecule has 98 valence electrons. The summed E-state index contributed by atoms with van der Waals surface area (Å²) in [6.45, 7) is 0. The molecule has 2 nitrogen and oxygen atoms in total. The molecule has 0 aliphatic carbocycles. The van der Waals surface area contributed by atoms with Crippen molar-refractivity contribution in [3.8, 4) is 0 Å². The molecule has 0 radical (unpaired) electrons. The van der Waals surface area contributed by atoms with Crippen LogP contribution in [0.15, 0.2) is 59.6 Å². The van der Waals surface area contributed by atoms with Gasteiger partial charge in [-0.1, -0.05) is 60.3 Å². The molecular formula is C15H15IN2S. The maximum Gasteiger partial charge on any atom is 0.162 e. The lowest BCUT2D eigenvalue weighted by Crippen LogP contribution is -2.29. The Morgan fingerprint density at radius 2 is 1.68 bits per heavy atom. The number of amidine groups is 1. The largest absolute Gasteiger partial charge is 0.354 e. The zero-order valence-electron chi connectivity index (χ0n) is 10.5. The van der Waals surface area contributed by atoms with Gasteiger partial charge < -0.3 is 5.32 Å². The molecule has 0 spiro atoms. The van der Waals surface area contributed by atoms with E-state index >= 15 is 0 Å². The van der Waals surface area contributed by atoms with Crippen LogP contribution in [0.25, 0.3) is 0 Å². The molecular weight excluding hydrogens is 367 g/mol. The topological polar surface area (TPSA) is 24.4 Å². The fourth-order valence-corrected chi connectivity index (χ4v) is 2.61. The van der Waals surface area contributed by atoms with Gasteiger partial charge in [-0.25, -0.2) is 4.99 Å². The average molecular weight is 382 g/mol.